The van der Waals surface area contributed by atoms with Gasteiger partial charge in [-0.3, -0.25) is 4.79 Å². The summed E-state index contributed by atoms with van der Waals surface area (Å²) in [5, 5.41) is 0.504. The summed E-state index contributed by atoms with van der Waals surface area (Å²) in [5.74, 6) is -0.207. The van der Waals surface area contributed by atoms with Crippen molar-refractivity contribution in [1.82, 2.24) is 4.57 Å². The molecule has 3 rings (SSSR count). The van der Waals surface area contributed by atoms with Crippen molar-refractivity contribution in [1.29, 1.82) is 0 Å². The Morgan fingerprint density at radius 3 is 2.94 bits per heavy atom. The van der Waals surface area contributed by atoms with E-state index in [1.807, 2.05) is 17.7 Å². The number of fused-ring (bicyclic) bond motifs is 3. The Morgan fingerprint density at radius 1 is 1.31 bits per heavy atom. The number of carbonyl (C=O) groups is 1. The highest BCUT2D eigenvalue weighted by Crippen LogP contribution is 2.32. The van der Waals surface area contributed by atoms with E-state index in [0.29, 0.717) is 17.4 Å². The Morgan fingerprint density at radius 2 is 2.12 bits per heavy atom. The summed E-state index contributed by atoms with van der Waals surface area (Å²) in [4.78, 5) is 11.9. The molecule has 2 aromatic rings. The number of aromatic nitrogens is 1. The minimum atomic E-state index is -0.287. The minimum Gasteiger partial charge on any atom is -0.347 e. The fourth-order valence-corrected chi connectivity index (χ4v) is 2.63. The predicted molar refractivity (Wildman–Crippen MR) is 60.1 cm³/mol. The molecule has 0 amide bonds. The third kappa shape index (κ3) is 1.08. The summed E-state index contributed by atoms with van der Waals surface area (Å²) < 4.78 is 15.7. The highest BCUT2D eigenvalue weighted by Gasteiger charge is 2.25. The first-order valence-corrected chi connectivity index (χ1v) is 5.49. The second-order valence-electron chi connectivity index (χ2n) is 4.29. The van der Waals surface area contributed by atoms with Gasteiger partial charge in [0.25, 0.3) is 0 Å². The van der Waals surface area contributed by atoms with Gasteiger partial charge in [-0.15, -0.1) is 0 Å². The summed E-state index contributed by atoms with van der Waals surface area (Å²) in [7, 11) is 1.90. The van der Waals surface area contributed by atoms with Crippen LogP contribution >= 0.6 is 0 Å². The van der Waals surface area contributed by atoms with E-state index in [9.17, 15) is 9.18 Å². The molecule has 0 saturated carbocycles. The third-order valence-corrected chi connectivity index (χ3v) is 3.39. The van der Waals surface area contributed by atoms with Crippen molar-refractivity contribution in [3.8, 4) is 0 Å². The molecule has 16 heavy (non-hydrogen) atoms. The number of rotatable bonds is 0. The molecule has 0 spiro atoms. The van der Waals surface area contributed by atoms with Crippen molar-refractivity contribution in [2.75, 3.05) is 0 Å². The van der Waals surface area contributed by atoms with Crippen LogP contribution in [0, 0.1) is 5.82 Å². The lowest BCUT2D eigenvalue weighted by Crippen LogP contribution is -2.11. The summed E-state index contributed by atoms with van der Waals surface area (Å²) in [5.41, 5.74) is 2.42. The normalized spacial score (nSPS) is 15.5. The van der Waals surface area contributed by atoms with Crippen LogP contribution in [0.5, 0.6) is 0 Å². The van der Waals surface area contributed by atoms with Crippen LogP contribution < -0.4 is 0 Å². The Labute approximate surface area is 92.7 Å². The van der Waals surface area contributed by atoms with Crippen molar-refractivity contribution in [3.05, 3.63) is 35.3 Å². The minimum absolute atomic E-state index is 0.0805. The molecule has 0 aliphatic heterocycles. The van der Waals surface area contributed by atoms with Gasteiger partial charge >= 0.3 is 0 Å². The fourth-order valence-electron chi connectivity index (χ4n) is 2.63. The first-order valence-electron chi connectivity index (χ1n) is 5.49. The quantitative estimate of drug-likeness (QED) is 0.665. The van der Waals surface area contributed by atoms with Gasteiger partial charge in [-0.05, 0) is 25.0 Å². The van der Waals surface area contributed by atoms with Gasteiger partial charge in [0.1, 0.15) is 5.82 Å². The maximum atomic E-state index is 13.8. The molecule has 1 aliphatic rings. The van der Waals surface area contributed by atoms with Crippen LogP contribution in [0.1, 0.15) is 28.9 Å². The summed E-state index contributed by atoms with van der Waals surface area (Å²) in [6.45, 7) is 0. The van der Waals surface area contributed by atoms with Crippen molar-refractivity contribution >= 4 is 16.7 Å². The SMILES string of the molecule is Cn1c2c(c3c(F)cccc31)C(=O)CCC2. The molecule has 0 radical (unpaired) electrons. The second-order valence-corrected chi connectivity index (χ2v) is 4.29. The molecule has 3 heteroatoms. The molecule has 0 N–H and O–H groups in total. The molecule has 0 fully saturated rings. The molecule has 1 heterocycles. The van der Waals surface area contributed by atoms with E-state index in [-0.39, 0.29) is 11.6 Å². The molecule has 82 valence electrons. The van der Waals surface area contributed by atoms with Gasteiger partial charge < -0.3 is 4.57 Å². The van der Waals surface area contributed by atoms with Crippen LogP contribution in [0.15, 0.2) is 18.2 Å². The average molecular weight is 217 g/mol. The lowest BCUT2D eigenvalue weighted by molar-refractivity contribution is 0.0973. The molecule has 0 atom stereocenters. The van der Waals surface area contributed by atoms with Crippen LogP contribution in [0.4, 0.5) is 4.39 Å². The predicted octanol–water partition coefficient (Wildman–Crippen LogP) is 2.84. The number of Topliss-reactive ketones (excluding diaryl/α,β-unsaturated/α-hetero) is 1. The van der Waals surface area contributed by atoms with Gasteiger partial charge in [-0.25, -0.2) is 4.39 Å². The Bertz CT molecular complexity index is 597. The van der Waals surface area contributed by atoms with Gasteiger partial charge in [0.15, 0.2) is 5.78 Å². The van der Waals surface area contributed by atoms with E-state index in [0.717, 1.165) is 24.1 Å². The van der Waals surface area contributed by atoms with E-state index in [4.69, 9.17) is 0 Å². The molecule has 2 nitrogen and oxygen atoms in total. The Kier molecular flexibility index (Phi) is 1.90. The van der Waals surface area contributed by atoms with Gasteiger partial charge in [0, 0.05) is 30.1 Å². The monoisotopic (exact) mass is 217 g/mol. The van der Waals surface area contributed by atoms with Gasteiger partial charge in [-0.2, -0.15) is 0 Å². The molecule has 1 aromatic heterocycles. The smallest absolute Gasteiger partial charge is 0.165 e. The van der Waals surface area contributed by atoms with E-state index >= 15 is 0 Å². The largest absolute Gasteiger partial charge is 0.347 e. The number of hydrogen-bond acceptors (Lipinski definition) is 1. The highest BCUT2D eigenvalue weighted by atomic mass is 19.1. The first kappa shape index (κ1) is 9.58. The molecular weight excluding hydrogens is 205 g/mol. The number of aryl methyl sites for hydroxylation is 1. The standard InChI is InChI=1S/C13H12FNO/c1-15-9-5-2-4-8(14)12(9)13-10(15)6-3-7-11(13)16/h2,4-5H,3,6-7H2,1H3. The third-order valence-electron chi connectivity index (χ3n) is 3.39. The average Bonchev–Trinajstić information content (AvgIpc) is 2.56. The topological polar surface area (TPSA) is 22.0 Å². The summed E-state index contributed by atoms with van der Waals surface area (Å²) >= 11 is 0. The Balaban J connectivity index is 2.50. The van der Waals surface area contributed by atoms with Crippen LogP contribution in [-0.4, -0.2) is 10.4 Å². The lowest BCUT2D eigenvalue weighted by Gasteiger charge is -2.12. The maximum Gasteiger partial charge on any atom is 0.165 e. The van der Waals surface area contributed by atoms with Crippen LogP contribution in [0.2, 0.25) is 0 Å². The molecule has 0 bridgehead atoms. The van der Waals surface area contributed by atoms with E-state index < -0.39 is 0 Å². The number of nitrogens with zero attached hydrogens (tertiary/aromatic N) is 1. The zero-order valence-corrected chi connectivity index (χ0v) is 9.09. The van der Waals surface area contributed by atoms with Crippen LogP contribution in [0.3, 0.4) is 0 Å². The number of carbonyl (C=O) groups excluding carboxylic acids is 1. The molecule has 0 saturated heterocycles. The maximum absolute atomic E-state index is 13.8. The van der Waals surface area contributed by atoms with Crippen molar-refractivity contribution in [2.45, 2.75) is 19.3 Å². The summed E-state index contributed by atoms with van der Waals surface area (Å²) in [6.07, 6.45) is 2.28. The van der Waals surface area contributed by atoms with E-state index in [1.165, 1.54) is 6.07 Å². The number of ketones is 1. The molecule has 1 aliphatic carbocycles. The van der Waals surface area contributed by atoms with Crippen molar-refractivity contribution in [3.63, 3.8) is 0 Å². The number of hydrogen-bond donors (Lipinski definition) is 0. The molecule has 0 unspecified atom stereocenters. The van der Waals surface area contributed by atoms with Gasteiger partial charge in [0.05, 0.1) is 5.52 Å². The van der Waals surface area contributed by atoms with E-state index in [1.54, 1.807) is 6.07 Å². The van der Waals surface area contributed by atoms with Crippen LogP contribution in [-0.2, 0) is 13.5 Å². The van der Waals surface area contributed by atoms with Gasteiger partial charge in [0.2, 0.25) is 0 Å². The van der Waals surface area contributed by atoms with Crippen molar-refractivity contribution < 1.29 is 9.18 Å². The number of halogens is 1. The molecular formula is C13H12FNO. The highest BCUT2D eigenvalue weighted by molar-refractivity contribution is 6.10. The number of benzene rings is 1. The van der Waals surface area contributed by atoms with Crippen LogP contribution in [0.25, 0.3) is 10.9 Å². The fraction of sp³-hybridized carbons (Fsp3) is 0.308. The summed E-state index contributed by atoms with van der Waals surface area (Å²) in [6, 6.07) is 4.97. The van der Waals surface area contributed by atoms with E-state index in [2.05, 4.69) is 0 Å². The lowest BCUT2D eigenvalue weighted by atomic mass is 9.94. The van der Waals surface area contributed by atoms with Crippen molar-refractivity contribution in [2.24, 2.45) is 7.05 Å². The first-order chi connectivity index (χ1) is 7.70. The van der Waals surface area contributed by atoms with Gasteiger partial charge in [-0.1, -0.05) is 6.07 Å². The Hall–Kier alpha value is -1.64. The second kappa shape index (κ2) is 3.17. The molecule has 1 aromatic carbocycles. The zero-order valence-electron chi connectivity index (χ0n) is 9.09. The zero-order chi connectivity index (χ0) is 11.3.